The fourth-order valence-electron chi connectivity index (χ4n) is 1.70. The lowest BCUT2D eigenvalue weighted by Gasteiger charge is -2.09. The van der Waals surface area contributed by atoms with Crippen LogP contribution in [0.15, 0.2) is 22.7 Å². The minimum atomic E-state index is -1.30. The minimum absolute atomic E-state index is 0.137. The maximum Gasteiger partial charge on any atom is 0.354 e. The third kappa shape index (κ3) is 2.37. The predicted octanol–water partition coefficient (Wildman–Crippen LogP) is 2.40. The number of hydrogen-bond acceptors (Lipinski definition) is 4. The van der Waals surface area contributed by atoms with Crippen LogP contribution in [0, 0.1) is 0 Å². The van der Waals surface area contributed by atoms with Gasteiger partial charge in [-0.1, -0.05) is 15.9 Å². The van der Waals surface area contributed by atoms with E-state index in [1.807, 2.05) is 0 Å². The molecule has 0 aliphatic carbocycles. The quantitative estimate of drug-likeness (QED) is 0.899. The van der Waals surface area contributed by atoms with Gasteiger partial charge in [-0.3, -0.25) is 0 Å². The van der Waals surface area contributed by atoms with Crippen LogP contribution in [-0.4, -0.2) is 34.2 Å². The SMILES string of the molecule is COc1cc(Br)cc2c(C(=O)O)cc(C(=O)O)nc12. The van der Waals surface area contributed by atoms with Crippen LogP contribution in [0.1, 0.15) is 20.8 Å². The molecular formula is C12H8BrNO5. The number of methoxy groups -OCH3 is 1. The van der Waals surface area contributed by atoms with E-state index in [1.165, 1.54) is 7.11 Å². The molecule has 0 bridgehead atoms. The molecule has 0 saturated carbocycles. The second kappa shape index (κ2) is 4.85. The molecule has 2 rings (SSSR count). The molecule has 1 heterocycles. The Morgan fingerprint density at radius 3 is 2.42 bits per heavy atom. The smallest absolute Gasteiger partial charge is 0.354 e. The van der Waals surface area contributed by atoms with Crippen LogP contribution >= 0.6 is 15.9 Å². The molecule has 0 aliphatic rings. The molecule has 0 atom stereocenters. The van der Waals surface area contributed by atoms with Gasteiger partial charge in [-0.25, -0.2) is 14.6 Å². The monoisotopic (exact) mass is 325 g/mol. The molecule has 7 heteroatoms. The van der Waals surface area contributed by atoms with Gasteiger partial charge in [0.05, 0.1) is 12.7 Å². The van der Waals surface area contributed by atoms with Gasteiger partial charge in [0.2, 0.25) is 0 Å². The van der Waals surface area contributed by atoms with E-state index in [4.69, 9.17) is 14.9 Å². The number of nitrogens with zero attached hydrogens (tertiary/aromatic N) is 1. The molecular weight excluding hydrogens is 318 g/mol. The number of carboxylic acid groups (broad SMARTS) is 2. The highest BCUT2D eigenvalue weighted by Crippen LogP contribution is 2.31. The summed E-state index contributed by atoms with van der Waals surface area (Å²) < 4.78 is 5.71. The van der Waals surface area contributed by atoms with Gasteiger partial charge < -0.3 is 14.9 Å². The van der Waals surface area contributed by atoms with E-state index in [0.717, 1.165) is 6.07 Å². The van der Waals surface area contributed by atoms with Gasteiger partial charge in [-0.15, -0.1) is 0 Å². The summed E-state index contributed by atoms with van der Waals surface area (Å²) in [5.41, 5.74) is -0.282. The Morgan fingerprint density at radius 1 is 1.21 bits per heavy atom. The molecule has 19 heavy (non-hydrogen) atoms. The number of carboxylic acids is 2. The lowest BCUT2D eigenvalue weighted by molar-refractivity contribution is 0.0691. The van der Waals surface area contributed by atoms with E-state index in [-0.39, 0.29) is 16.8 Å². The molecule has 0 spiro atoms. The highest BCUT2D eigenvalue weighted by atomic mass is 79.9. The van der Waals surface area contributed by atoms with Gasteiger partial charge >= 0.3 is 11.9 Å². The van der Waals surface area contributed by atoms with E-state index < -0.39 is 11.9 Å². The van der Waals surface area contributed by atoms with Crippen molar-refractivity contribution in [2.75, 3.05) is 7.11 Å². The number of carbonyl (C=O) groups is 2. The van der Waals surface area contributed by atoms with Crippen LogP contribution in [0.2, 0.25) is 0 Å². The van der Waals surface area contributed by atoms with Crippen molar-refractivity contribution in [3.63, 3.8) is 0 Å². The molecule has 0 unspecified atom stereocenters. The lowest BCUT2D eigenvalue weighted by Crippen LogP contribution is -2.07. The molecule has 6 nitrogen and oxygen atoms in total. The molecule has 1 aromatic carbocycles. The fraction of sp³-hybridized carbons (Fsp3) is 0.0833. The second-order valence-electron chi connectivity index (χ2n) is 3.67. The van der Waals surface area contributed by atoms with E-state index in [2.05, 4.69) is 20.9 Å². The van der Waals surface area contributed by atoms with Crippen LogP contribution in [0.25, 0.3) is 10.9 Å². The first-order valence-corrected chi connectivity index (χ1v) is 5.88. The number of pyridine rings is 1. The van der Waals surface area contributed by atoms with Crippen molar-refractivity contribution in [3.05, 3.63) is 33.9 Å². The van der Waals surface area contributed by atoms with Crippen molar-refractivity contribution in [1.29, 1.82) is 0 Å². The first-order valence-electron chi connectivity index (χ1n) is 5.09. The number of fused-ring (bicyclic) bond motifs is 1. The summed E-state index contributed by atoms with van der Waals surface area (Å²) in [7, 11) is 1.40. The van der Waals surface area contributed by atoms with Crippen LogP contribution in [0.3, 0.4) is 0 Å². The van der Waals surface area contributed by atoms with Gasteiger partial charge in [0.15, 0.2) is 0 Å². The summed E-state index contributed by atoms with van der Waals surface area (Å²) >= 11 is 3.24. The van der Waals surface area contributed by atoms with Gasteiger partial charge in [-0.05, 0) is 18.2 Å². The summed E-state index contributed by atoms with van der Waals surface area (Å²) in [4.78, 5) is 26.1. The number of rotatable bonds is 3. The largest absolute Gasteiger partial charge is 0.494 e. The van der Waals surface area contributed by atoms with Crippen molar-refractivity contribution in [2.24, 2.45) is 0 Å². The Bertz CT molecular complexity index is 698. The van der Waals surface area contributed by atoms with Crippen molar-refractivity contribution >= 4 is 38.8 Å². The molecule has 0 aliphatic heterocycles. The average molecular weight is 326 g/mol. The van der Waals surface area contributed by atoms with E-state index >= 15 is 0 Å². The summed E-state index contributed by atoms with van der Waals surface area (Å²) in [6, 6.07) is 4.17. The molecule has 0 amide bonds. The lowest BCUT2D eigenvalue weighted by atomic mass is 10.1. The van der Waals surface area contributed by atoms with Gasteiger partial charge in [0.25, 0.3) is 0 Å². The van der Waals surface area contributed by atoms with Gasteiger partial charge in [0.1, 0.15) is 17.0 Å². The maximum absolute atomic E-state index is 11.2. The van der Waals surface area contributed by atoms with Gasteiger partial charge in [0, 0.05) is 9.86 Å². The molecule has 2 aromatic rings. The number of benzene rings is 1. The van der Waals surface area contributed by atoms with Crippen LogP contribution < -0.4 is 4.74 Å². The van der Waals surface area contributed by atoms with Crippen molar-refractivity contribution in [2.45, 2.75) is 0 Å². The van der Waals surface area contributed by atoms with Crippen LogP contribution in [0.4, 0.5) is 0 Å². The second-order valence-corrected chi connectivity index (χ2v) is 4.59. The normalized spacial score (nSPS) is 10.4. The summed E-state index contributed by atoms with van der Waals surface area (Å²) in [5.74, 6) is -2.22. The average Bonchev–Trinajstić information content (AvgIpc) is 2.36. The molecule has 98 valence electrons. The highest BCUT2D eigenvalue weighted by molar-refractivity contribution is 9.10. The van der Waals surface area contributed by atoms with Crippen molar-refractivity contribution in [1.82, 2.24) is 4.98 Å². The highest BCUT2D eigenvalue weighted by Gasteiger charge is 2.18. The van der Waals surface area contributed by atoms with E-state index in [0.29, 0.717) is 15.6 Å². The van der Waals surface area contributed by atoms with Crippen molar-refractivity contribution < 1.29 is 24.5 Å². The topological polar surface area (TPSA) is 96.7 Å². The predicted molar refractivity (Wildman–Crippen MR) is 69.9 cm³/mol. The first kappa shape index (κ1) is 13.3. The van der Waals surface area contributed by atoms with Gasteiger partial charge in [-0.2, -0.15) is 0 Å². The Hall–Kier alpha value is -2.15. The molecule has 0 fully saturated rings. The Morgan fingerprint density at radius 2 is 1.89 bits per heavy atom. The first-order chi connectivity index (χ1) is 8.93. The zero-order valence-corrected chi connectivity index (χ0v) is 11.3. The Labute approximate surface area is 115 Å². The van der Waals surface area contributed by atoms with Crippen molar-refractivity contribution in [3.8, 4) is 5.75 Å². The zero-order valence-electron chi connectivity index (χ0n) is 9.68. The number of aromatic nitrogens is 1. The summed E-state index contributed by atoms with van der Waals surface area (Å²) in [5, 5.41) is 18.4. The zero-order chi connectivity index (χ0) is 14.2. The van der Waals surface area contributed by atoms with Crippen LogP contribution in [0.5, 0.6) is 5.75 Å². The number of aromatic carboxylic acids is 2. The third-order valence-corrected chi connectivity index (χ3v) is 2.97. The standard InChI is InChI=1S/C12H8BrNO5/c1-19-9-3-5(13)2-6-7(11(15)16)4-8(12(17)18)14-10(6)9/h2-4H,1H3,(H,15,16)(H,17,18). The fourth-order valence-corrected chi connectivity index (χ4v) is 2.14. The molecule has 1 aromatic heterocycles. The Kier molecular flexibility index (Phi) is 3.39. The van der Waals surface area contributed by atoms with E-state index in [1.54, 1.807) is 12.1 Å². The number of hydrogen-bond donors (Lipinski definition) is 2. The Balaban J connectivity index is 2.94. The molecule has 0 radical (unpaired) electrons. The summed E-state index contributed by atoms with van der Waals surface area (Å²) in [6.45, 7) is 0. The van der Waals surface area contributed by atoms with Crippen LogP contribution in [-0.2, 0) is 0 Å². The number of halogens is 1. The summed E-state index contributed by atoms with van der Waals surface area (Å²) in [6.07, 6.45) is 0. The number of ether oxygens (including phenoxy) is 1. The molecule has 0 saturated heterocycles. The molecule has 2 N–H and O–H groups in total. The maximum atomic E-state index is 11.2. The minimum Gasteiger partial charge on any atom is -0.494 e. The third-order valence-electron chi connectivity index (χ3n) is 2.51. The van der Waals surface area contributed by atoms with E-state index in [9.17, 15) is 9.59 Å².